The van der Waals surface area contributed by atoms with Gasteiger partial charge in [-0.3, -0.25) is 9.59 Å². The Morgan fingerprint density at radius 3 is 2.25 bits per heavy atom. The Labute approximate surface area is 119 Å². The van der Waals surface area contributed by atoms with E-state index in [0.717, 1.165) is 32.2 Å². The third-order valence-corrected chi connectivity index (χ3v) is 5.40. The summed E-state index contributed by atoms with van der Waals surface area (Å²) in [5, 5.41) is 9.54. The van der Waals surface area contributed by atoms with Crippen molar-refractivity contribution in [3.63, 3.8) is 0 Å². The highest BCUT2D eigenvalue weighted by Gasteiger charge is 2.49. The molecule has 0 aromatic rings. The van der Waals surface area contributed by atoms with Gasteiger partial charge in [-0.25, -0.2) is 0 Å². The molecule has 1 saturated carbocycles. The van der Waals surface area contributed by atoms with Gasteiger partial charge in [-0.15, -0.1) is 0 Å². The number of carbonyl (C=O) groups excluding carboxylic acids is 1. The topological polar surface area (TPSA) is 57.6 Å². The standard InChI is InChI=1S/C16H23NO3/c1-10-4-2-3-9-17(10)15(18)13-11-5-7-12(8-6-11)14(13)16(19)20/h5,7,10-14H,2-4,6,8-9H2,1H3,(H,19,20). The third kappa shape index (κ3) is 2.15. The number of carboxylic acids is 1. The van der Waals surface area contributed by atoms with E-state index in [0.29, 0.717) is 0 Å². The van der Waals surface area contributed by atoms with E-state index >= 15 is 0 Å². The first-order chi connectivity index (χ1) is 9.59. The second kappa shape index (κ2) is 5.23. The van der Waals surface area contributed by atoms with Crippen molar-refractivity contribution in [1.82, 2.24) is 4.90 Å². The van der Waals surface area contributed by atoms with Crippen LogP contribution in [0, 0.1) is 23.7 Å². The molecular weight excluding hydrogens is 254 g/mol. The summed E-state index contributed by atoms with van der Waals surface area (Å²) in [6.45, 7) is 2.88. The fourth-order valence-corrected chi connectivity index (χ4v) is 4.28. The fraction of sp³-hybridized carbons (Fsp3) is 0.750. The van der Waals surface area contributed by atoms with Crippen LogP contribution in [-0.2, 0) is 9.59 Å². The Hall–Kier alpha value is -1.32. The first kappa shape index (κ1) is 13.7. The molecule has 2 bridgehead atoms. The van der Waals surface area contributed by atoms with E-state index in [1.54, 1.807) is 0 Å². The minimum absolute atomic E-state index is 0.0477. The van der Waals surface area contributed by atoms with Crippen LogP contribution in [0.5, 0.6) is 0 Å². The van der Waals surface area contributed by atoms with Gasteiger partial charge in [-0.2, -0.15) is 0 Å². The van der Waals surface area contributed by atoms with Gasteiger partial charge in [0.25, 0.3) is 0 Å². The molecule has 4 heteroatoms. The molecule has 3 aliphatic carbocycles. The van der Waals surface area contributed by atoms with Gasteiger partial charge in [-0.1, -0.05) is 12.2 Å². The first-order valence-corrected chi connectivity index (χ1v) is 7.81. The maximum absolute atomic E-state index is 12.9. The van der Waals surface area contributed by atoms with Crippen molar-refractivity contribution in [3.8, 4) is 0 Å². The van der Waals surface area contributed by atoms with Crippen LogP contribution >= 0.6 is 0 Å². The highest BCUT2D eigenvalue weighted by atomic mass is 16.4. The summed E-state index contributed by atoms with van der Waals surface area (Å²) in [4.78, 5) is 26.5. The number of likely N-dealkylation sites (tertiary alicyclic amines) is 1. The van der Waals surface area contributed by atoms with Crippen LogP contribution in [0.3, 0.4) is 0 Å². The van der Waals surface area contributed by atoms with Crippen molar-refractivity contribution in [1.29, 1.82) is 0 Å². The van der Waals surface area contributed by atoms with Crippen LogP contribution in [-0.4, -0.2) is 34.5 Å². The molecule has 4 rings (SSSR count). The zero-order chi connectivity index (χ0) is 14.3. The lowest BCUT2D eigenvalue weighted by atomic mass is 9.61. The van der Waals surface area contributed by atoms with Gasteiger partial charge in [0, 0.05) is 12.6 Å². The van der Waals surface area contributed by atoms with Crippen LogP contribution in [0.15, 0.2) is 12.2 Å². The largest absolute Gasteiger partial charge is 0.481 e. The average Bonchev–Trinajstić information content (AvgIpc) is 2.47. The normalized spacial score (nSPS) is 39.9. The van der Waals surface area contributed by atoms with E-state index in [4.69, 9.17) is 0 Å². The van der Waals surface area contributed by atoms with Crippen molar-refractivity contribution in [2.75, 3.05) is 6.54 Å². The number of carboxylic acid groups (broad SMARTS) is 1. The summed E-state index contributed by atoms with van der Waals surface area (Å²) in [6.07, 6.45) is 9.25. The maximum Gasteiger partial charge on any atom is 0.307 e. The molecule has 4 aliphatic rings. The van der Waals surface area contributed by atoms with Gasteiger partial charge in [-0.05, 0) is 50.9 Å². The molecule has 1 N–H and O–H groups in total. The van der Waals surface area contributed by atoms with E-state index in [2.05, 4.69) is 13.0 Å². The summed E-state index contributed by atoms with van der Waals surface area (Å²) < 4.78 is 0. The molecule has 5 atom stereocenters. The highest BCUT2D eigenvalue weighted by Crippen LogP contribution is 2.46. The molecular formula is C16H23NO3. The SMILES string of the molecule is CC1CCCCN1C(=O)C1C2C=CC(CC2)C1C(=O)O. The second-order valence-electron chi connectivity index (χ2n) is 6.56. The van der Waals surface area contributed by atoms with Crippen LogP contribution in [0.2, 0.25) is 0 Å². The number of piperidine rings is 1. The number of nitrogens with zero attached hydrogens (tertiary/aromatic N) is 1. The average molecular weight is 277 g/mol. The zero-order valence-electron chi connectivity index (χ0n) is 12.0. The smallest absolute Gasteiger partial charge is 0.307 e. The fourth-order valence-electron chi connectivity index (χ4n) is 4.28. The lowest BCUT2D eigenvalue weighted by molar-refractivity contribution is -0.158. The van der Waals surface area contributed by atoms with Gasteiger partial charge < -0.3 is 10.0 Å². The Morgan fingerprint density at radius 1 is 1.05 bits per heavy atom. The van der Waals surface area contributed by atoms with Crippen molar-refractivity contribution >= 4 is 11.9 Å². The van der Waals surface area contributed by atoms with E-state index in [1.807, 2.05) is 11.0 Å². The molecule has 0 radical (unpaired) electrons. The summed E-state index contributed by atoms with van der Waals surface area (Å²) in [7, 11) is 0. The Kier molecular flexibility index (Phi) is 3.57. The van der Waals surface area contributed by atoms with E-state index < -0.39 is 11.9 Å². The molecule has 1 aliphatic heterocycles. The molecule has 110 valence electrons. The predicted molar refractivity (Wildman–Crippen MR) is 75.0 cm³/mol. The van der Waals surface area contributed by atoms with Gasteiger partial charge in [0.15, 0.2) is 0 Å². The molecule has 5 unspecified atom stereocenters. The lowest BCUT2D eigenvalue weighted by Crippen LogP contribution is -2.53. The highest BCUT2D eigenvalue weighted by molar-refractivity contribution is 5.86. The van der Waals surface area contributed by atoms with Gasteiger partial charge in [0.1, 0.15) is 0 Å². The number of hydrogen-bond acceptors (Lipinski definition) is 2. The molecule has 1 amide bonds. The van der Waals surface area contributed by atoms with Crippen molar-refractivity contribution in [2.24, 2.45) is 23.7 Å². The predicted octanol–water partition coefficient (Wildman–Crippen LogP) is 2.30. The number of allylic oxidation sites excluding steroid dienone is 2. The molecule has 0 aromatic heterocycles. The first-order valence-electron chi connectivity index (χ1n) is 7.81. The van der Waals surface area contributed by atoms with E-state index in [-0.39, 0.29) is 29.7 Å². The Morgan fingerprint density at radius 2 is 1.70 bits per heavy atom. The van der Waals surface area contributed by atoms with Gasteiger partial charge >= 0.3 is 5.97 Å². The van der Waals surface area contributed by atoms with Crippen LogP contribution < -0.4 is 0 Å². The number of rotatable bonds is 2. The quantitative estimate of drug-likeness (QED) is 0.788. The zero-order valence-corrected chi connectivity index (χ0v) is 12.0. The molecule has 2 fully saturated rings. The number of amides is 1. The summed E-state index contributed by atoms with van der Waals surface area (Å²) >= 11 is 0. The number of carbonyl (C=O) groups is 2. The number of fused-ring (bicyclic) bond motifs is 2. The lowest BCUT2D eigenvalue weighted by Gasteiger charge is -2.45. The van der Waals surface area contributed by atoms with Crippen molar-refractivity contribution < 1.29 is 14.7 Å². The van der Waals surface area contributed by atoms with Crippen LogP contribution in [0.25, 0.3) is 0 Å². The summed E-state index contributed by atoms with van der Waals surface area (Å²) in [5.41, 5.74) is 0. The molecule has 1 saturated heterocycles. The molecule has 0 spiro atoms. The van der Waals surface area contributed by atoms with E-state index in [1.165, 1.54) is 6.42 Å². The van der Waals surface area contributed by atoms with Crippen LogP contribution in [0.4, 0.5) is 0 Å². The molecule has 0 aromatic carbocycles. The van der Waals surface area contributed by atoms with E-state index in [9.17, 15) is 14.7 Å². The summed E-state index contributed by atoms with van der Waals surface area (Å²) in [6, 6.07) is 0.259. The summed E-state index contributed by atoms with van der Waals surface area (Å²) in [5.74, 6) is -1.39. The Bertz CT molecular complexity index is 445. The number of aliphatic carboxylic acids is 1. The van der Waals surface area contributed by atoms with Crippen LogP contribution in [0.1, 0.15) is 39.0 Å². The molecule has 4 nitrogen and oxygen atoms in total. The third-order valence-electron chi connectivity index (χ3n) is 5.40. The second-order valence-corrected chi connectivity index (χ2v) is 6.56. The Balaban J connectivity index is 1.85. The monoisotopic (exact) mass is 277 g/mol. The molecule has 20 heavy (non-hydrogen) atoms. The van der Waals surface area contributed by atoms with Gasteiger partial charge in [0.05, 0.1) is 11.8 Å². The van der Waals surface area contributed by atoms with Crippen molar-refractivity contribution in [3.05, 3.63) is 12.2 Å². The minimum Gasteiger partial charge on any atom is -0.481 e. The van der Waals surface area contributed by atoms with Gasteiger partial charge in [0.2, 0.25) is 5.91 Å². The number of hydrogen-bond donors (Lipinski definition) is 1. The maximum atomic E-state index is 12.9. The molecule has 1 heterocycles. The van der Waals surface area contributed by atoms with Crippen molar-refractivity contribution in [2.45, 2.75) is 45.1 Å². The minimum atomic E-state index is -0.799.